The summed E-state index contributed by atoms with van der Waals surface area (Å²) in [6.07, 6.45) is 5.89. The molecular weight excluding hydrogens is 368 g/mol. The van der Waals surface area contributed by atoms with Crippen molar-refractivity contribution >= 4 is 43.7 Å². The van der Waals surface area contributed by atoms with Crippen molar-refractivity contribution in [3.8, 4) is 0 Å². The summed E-state index contributed by atoms with van der Waals surface area (Å²) in [5, 5.41) is 0. The number of allylic oxidation sites excluding steroid dienone is 5. The molecule has 0 aromatic heterocycles. The van der Waals surface area contributed by atoms with Gasteiger partial charge in [0.25, 0.3) is 0 Å². The molecule has 3 rings (SSSR count). The van der Waals surface area contributed by atoms with Crippen molar-refractivity contribution in [2.24, 2.45) is 0 Å². The average molecular weight is 380 g/mol. The number of carbonyl (C=O) groups is 1. The smallest absolute Gasteiger partial charge is 0.200 e. The van der Waals surface area contributed by atoms with Gasteiger partial charge in [-0.15, -0.1) is 0 Å². The summed E-state index contributed by atoms with van der Waals surface area (Å²) < 4.78 is 1.65. The first-order valence-corrected chi connectivity index (χ1v) is 7.64. The van der Waals surface area contributed by atoms with Crippen LogP contribution >= 0.6 is 31.9 Å². The van der Waals surface area contributed by atoms with Crippen LogP contribution in [-0.2, 0) is 10.2 Å². The zero-order chi connectivity index (χ0) is 13.8. The average Bonchev–Trinajstić information content (AvgIpc) is 2.34. The van der Waals surface area contributed by atoms with E-state index in [0.717, 1.165) is 21.2 Å². The molecule has 0 bridgehead atoms. The molecule has 0 heterocycles. The molecule has 0 saturated carbocycles. The minimum Gasteiger partial charge on any atom is -0.288 e. The molecule has 0 radical (unpaired) electrons. The van der Waals surface area contributed by atoms with Crippen molar-refractivity contribution in [3.05, 3.63) is 61.6 Å². The summed E-state index contributed by atoms with van der Waals surface area (Å²) >= 11 is 6.82. The number of ketones is 1. The Morgan fingerprint density at radius 1 is 1.11 bits per heavy atom. The number of hydrogen-bond acceptors (Lipinski definition) is 1. The molecule has 0 spiro atoms. The molecular formula is C16H12Br2O. The van der Waals surface area contributed by atoms with Crippen LogP contribution < -0.4 is 0 Å². The maximum absolute atomic E-state index is 12.3. The van der Waals surface area contributed by atoms with Gasteiger partial charge in [-0.1, -0.05) is 41.9 Å². The molecule has 0 fully saturated rings. The standard InChI is InChI=1S/C16H12Br2O/c1-16(2)12-4-3-10(17)7-9(12)8-11-13(16)5-6-14(18)15(11)19/h3-8H,1-2H3. The highest BCUT2D eigenvalue weighted by Crippen LogP contribution is 2.45. The lowest BCUT2D eigenvalue weighted by Gasteiger charge is -2.36. The fourth-order valence-electron chi connectivity index (χ4n) is 2.78. The van der Waals surface area contributed by atoms with Gasteiger partial charge in [-0.05, 0) is 56.9 Å². The number of Topliss-reactive ketones (excluding diaryl/α,β-unsaturated/α-hetero) is 1. The van der Waals surface area contributed by atoms with Crippen LogP contribution in [0.2, 0.25) is 0 Å². The Morgan fingerprint density at radius 2 is 1.84 bits per heavy atom. The highest BCUT2D eigenvalue weighted by molar-refractivity contribution is 9.12. The molecule has 1 aromatic rings. The third kappa shape index (κ3) is 1.91. The molecule has 1 aromatic carbocycles. The molecule has 0 saturated heterocycles. The minimum atomic E-state index is -0.153. The normalized spacial score (nSPS) is 20.0. The number of fused-ring (bicyclic) bond motifs is 2. The first-order valence-electron chi connectivity index (χ1n) is 6.06. The number of rotatable bonds is 0. The summed E-state index contributed by atoms with van der Waals surface area (Å²) in [5.41, 5.74) is 4.10. The highest BCUT2D eigenvalue weighted by Gasteiger charge is 2.37. The lowest BCUT2D eigenvalue weighted by atomic mass is 9.67. The number of carbonyl (C=O) groups excluding carboxylic acids is 1. The predicted octanol–water partition coefficient (Wildman–Crippen LogP) is 4.91. The van der Waals surface area contributed by atoms with Crippen molar-refractivity contribution in [3.63, 3.8) is 0 Å². The summed E-state index contributed by atoms with van der Waals surface area (Å²) in [6.45, 7) is 4.33. The Kier molecular flexibility index (Phi) is 2.95. The van der Waals surface area contributed by atoms with Gasteiger partial charge >= 0.3 is 0 Å². The molecule has 1 nitrogen and oxygen atoms in total. The zero-order valence-electron chi connectivity index (χ0n) is 10.6. The third-order valence-electron chi connectivity index (χ3n) is 3.81. The SMILES string of the molecule is CC1(C)C2=CC=C(Br)C(=O)C2=Cc2cc(Br)ccc21. The van der Waals surface area contributed by atoms with Crippen molar-refractivity contribution in [1.29, 1.82) is 0 Å². The Balaban J connectivity index is 2.32. The van der Waals surface area contributed by atoms with Crippen molar-refractivity contribution in [1.82, 2.24) is 0 Å². The van der Waals surface area contributed by atoms with Crippen LogP contribution in [0.4, 0.5) is 0 Å². The van der Waals surface area contributed by atoms with Gasteiger partial charge in [-0.25, -0.2) is 0 Å². The van der Waals surface area contributed by atoms with Gasteiger partial charge in [-0.2, -0.15) is 0 Å². The first-order chi connectivity index (χ1) is 8.91. The molecule has 0 unspecified atom stereocenters. The van der Waals surface area contributed by atoms with E-state index in [9.17, 15) is 4.79 Å². The summed E-state index contributed by atoms with van der Waals surface area (Å²) in [5.74, 6) is 0.0659. The van der Waals surface area contributed by atoms with E-state index in [2.05, 4.69) is 63.9 Å². The highest BCUT2D eigenvalue weighted by atomic mass is 79.9. The maximum Gasteiger partial charge on any atom is 0.200 e. The fraction of sp³-hybridized carbons (Fsp3) is 0.188. The van der Waals surface area contributed by atoms with Crippen LogP contribution in [0, 0.1) is 0 Å². The first kappa shape index (κ1) is 13.1. The maximum atomic E-state index is 12.3. The number of hydrogen-bond donors (Lipinski definition) is 0. The van der Waals surface area contributed by atoms with Gasteiger partial charge in [0.15, 0.2) is 5.78 Å². The van der Waals surface area contributed by atoms with E-state index in [1.807, 2.05) is 18.2 Å². The monoisotopic (exact) mass is 378 g/mol. The van der Waals surface area contributed by atoms with Crippen molar-refractivity contribution < 1.29 is 4.79 Å². The van der Waals surface area contributed by atoms with Crippen LogP contribution in [-0.4, -0.2) is 5.78 Å². The number of halogens is 2. The molecule has 19 heavy (non-hydrogen) atoms. The fourth-order valence-corrected chi connectivity index (χ4v) is 3.51. The summed E-state index contributed by atoms with van der Waals surface area (Å²) in [6, 6.07) is 6.25. The summed E-state index contributed by atoms with van der Waals surface area (Å²) in [4.78, 5) is 12.3. The van der Waals surface area contributed by atoms with E-state index in [1.54, 1.807) is 0 Å². The van der Waals surface area contributed by atoms with E-state index < -0.39 is 0 Å². The molecule has 96 valence electrons. The van der Waals surface area contributed by atoms with Gasteiger partial charge in [0, 0.05) is 15.5 Å². The van der Waals surface area contributed by atoms with E-state index in [0.29, 0.717) is 4.48 Å². The van der Waals surface area contributed by atoms with Gasteiger partial charge < -0.3 is 0 Å². The molecule has 0 amide bonds. The van der Waals surface area contributed by atoms with Crippen molar-refractivity contribution in [2.75, 3.05) is 0 Å². The predicted molar refractivity (Wildman–Crippen MR) is 85.2 cm³/mol. The Labute approximate surface area is 129 Å². The quantitative estimate of drug-likeness (QED) is 0.625. The van der Waals surface area contributed by atoms with Gasteiger partial charge in [0.1, 0.15) is 0 Å². The van der Waals surface area contributed by atoms with Crippen LogP contribution in [0.25, 0.3) is 6.08 Å². The second-order valence-corrected chi connectivity index (χ2v) is 7.11. The largest absolute Gasteiger partial charge is 0.288 e. The van der Waals surface area contributed by atoms with Crippen LogP contribution in [0.5, 0.6) is 0 Å². The summed E-state index contributed by atoms with van der Waals surface area (Å²) in [7, 11) is 0. The third-order valence-corrected chi connectivity index (χ3v) is 4.93. The lowest BCUT2D eigenvalue weighted by Crippen LogP contribution is -2.29. The second kappa shape index (κ2) is 4.29. The molecule has 3 heteroatoms. The topological polar surface area (TPSA) is 17.1 Å². The van der Waals surface area contributed by atoms with E-state index in [1.165, 1.54) is 5.56 Å². The van der Waals surface area contributed by atoms with Crippen molar-refractivity contribution in [2.45, 2.75) is 19.3 Å². The molecule has 2 aliphatic carbocycles. The van der Waals surface area contributed by atoms with Crippen LogP contribution in [0.1, 0.15) is 25.0 Å². The van der Waals surface area contributed by atoms with Crippen LogP contribution in [0.15, 0.2) is 50.5 Å². The lowest BCUT2D eigenvalue weighted by molar-refractivity contribution is -0.111. The Bertz CT molecular complexity index is 691. The van der Waals surface area contributed by atoms with Gasteiger partial charge in [-0.3, -0.25) is 4.79 Å². The van der Waals surface area contributed by atoms with Gasteiger partial charge in [0.2, 0.25) is 0 Å². The Hall–Kier alpha value is -0.930. The molecule has 0 N–H and O–H groups in total. The number of benzene rings is 1. The zero-order valence-corrected chi connectivity index (χ0v) is 13.8. The van der Waals surface area contributed by atoms with E-state index in [-0.39, 0.29) is 11.2 Å². The van der Waals surface area contributed by atoms with Crippen LogP contribution in [0.3, 0.4) is 0 Å². The van der Waals surface area contributed by atoms with E-state index in [4.69, 9.17) is 0 Å². The van der Waals surface area contributed by atoms with E-state index >= 15 is 0 Å². The second-order valence-electron chi connectivity index (χ2n) is 5.34. The molecule has 0 aliphatic heterocycles. The minimum absolute atomic E-state index is 0.0659. The molecule has 2 aliphatic rings. The van der Waals surface area contributed by atoms with Gasteiger partial charge in [0.05, 0.1) is 4.48 Å². The Morgan fingerprint density at radius 3 is 2.58 bits per heavy atom. The molecule has 0 atom stereocenters.